The average molecular weight is 482 g/mol. The highest BCUT2D eigenvalue weighted by molar-refractivity contribution is 5.94. The molecule has 0 amide bonds. The molecule has 6 rings (SSSR count). The second-order valence-corrected chi connectivity index (χ2v) is 9.39. The van der Waals surface area contributed by atoms with Crippen LogP contribution in [-0.4, -0.2) is 14.1 Å². The van der Waals surface area contributed by atoms with Crippen molar-refractivity contribution in [2.75, 3.05) is 0 Å². The predicted molar refractivity (Wildman–Crippen MR) is 153 cm³/mol. The molecule has 0 fully saturated rings. The van der Waals surface area contributed by atoms with Crippen LogP contribution >= 0.6 is 0 Å². The fourth-order valence-corrected chi connectivity index (χ4v) is 5.07. The largest absolute Gasteiger partial charge is 0.340 e. The monoisotopic (exact) mass is 481 g/mol. The molecule has 4 heteroatoms. The molecule has 0 N–H and O–H groups in total. The molecule has 0 atom stereocenters. The summed E-state index contributed by atoms with van der Waals surface area (Å²) in [4.78, 5) is 18.6. The van der Waals surface area contributed by atoms with Gasteiger partial charge in [-0.05, 0) is 67.5 Å². The number of hydrogen-bond donors (Lipinski definition) is 0. The van der Waals surface area contributed by atoms with Gasteiger partial charge in [0.05, 0.1) is 16.6 Å². The topological polar surface area (TPSA) is 39.8 Å². The summed E-state index contributed by atoms with van der Waals surface area (Å²) in [5.74, 6) is 0.605. The predicted octanol–water partition coefficient (Wildman–Crippen LogP) is 7.18. The number of rotatable bonds is 5. The van der Waals surface area contributed by atoms with Crippen LogP contribution in [0.1, 0.15) is 28.2 Å². The van der Waals surface area contributed by atoms with Crippen LogP contribution in [-0.2, 0) is 6.54 Å². The Morgan fingerprint density at radius 3 is 2.30 bits per heavy atom. The molecule has 0 spiro atoms. The summed E-state index contributed by atoms with van der Waals surface area (Å²) in [6.45, 7) is 4.98. The first kappa shape index (κ1) is 22.7. The van der Waals surface area contributed by atoms with Crippen molar-refractivity contribution in [3.8, 4) is 5.69 Å². The summed E-state index contributed by atoms with van der Waals surface area (Å²) >= 11 is 0. The van der Waals surface area contributed by atoms with E-state index in [4.69, 9.17) is 4.98 Å². The van der Waals surface area contributed by atoms with Crippen molar-refractivity contribution in [1.82, 2.24) is 14.1 Å². The van der Waals surface area contributed by atoms with Crippen LogP contribution in [0.4, 0.5) is 0 Å². The molecule has 37 heavy (non-hydrogen) atoms. The normalized spacial score (nSPS) is 11.6. The number of benzene rings is 4. The Kier molecular flexibility index (Phi) is 5.78. The highest BCUT2D eigenvalue weighted by atomic mass is 16.1. The lowest BCUT2D eigenvalue weighted by Gasteiger charge is -2.12. The summed E-state index contributed by atoms with van der Waals surface area (Å²) < 4.78 is 4.07. The molecule has 0 unspecified atom stereocenters. The van der Waals surface area contributed by atoms with Gasteiger partial charge in [-0.1, -0.05) is 72.8 Å². The highest BCUT2D eigenvalue weighted by Gasteiger charge is 2.14. The molecule has 0 aliphatic heterocycles. The SMILES string of the molecule is Cc1cccc(-n2c(/C=C/c3c(C)n(Cc4ccccc4)c4ccccc34)nc3ccccc3c2=O)c1. The van der Waals surface area contributed by atoms with E-state index >= 15 is 0 Å². The van der Waals surface area contributed by atoms with E-state index in [0.717, 1.165) is 23.4 Å². The number of nitrogens with zero attached hydrogens (tertiary/aromatic N) is 3. The lowest BCUT2D eigenvalue weighted by molar-refractivity contribution is 0.804. The fraction of sp³-hybridized carbons (Fsp3) is 0.0909. The van der Waals surface area contributed by atoms with Crippen LogP contribution in [0.25, 0.3) is 39.6 Å². The Morgan fingerprint density at radius 1 is 0.757 bits per heavy atom. The third-order valence-electron chi connectivity index (χ3n) is 6.92. The van der Waals surface area contributed by atoms with Gasteiger partial charge in [0, 0.05) is 28.7 Å². The van der Waals surface area contributed by atoms with Crippen molar-refractivity contribution < 1.29 is 0 Å². The first-order valence-corrected chi connectivity index (χ1v) is 12.5. The maximum Gasteiger partial charge on any atom is 0.266 e. The number of fused-ring (bicyclic) bond motifs is 2. The third kappa shape index (κ3) is 4.17. The molecule has 2 heterocycles. The molecule has 4 aromatic carbocycles. The Labute approximate surface area is 215 Å². The smallest absolute Gasteiger partial charge is 0.266 e. The van der Waals surface area contributed by atoms with Crippen LogP contribution in [0.2, 0.25) is 0 Å². The van der Waals surface area contributed by atoms with Gasteiger partial charge in [0.15, 0.2) is 0 Å². The van der Waals surface area contributed by atoms with E-state index in [0.29, 0.717) is 16.7 Å². The van der Waals surface area contributed by atoms with Crippen LogP contribution in [0.3, 0.4) is 0 Å². The van der Waals surface area contributed by atoms with Gasteiger partial charge in [0.1, 0.15) is 5.82 Å². The van der Waals surface area contributed by atoms with Gasteiger partial charge >= 0.3 is 0 Å². The molecule has 2 aromatic heterocycles. The molecule has 4 nitrogen and oxygen atoms in total. The summed E-state index contributed by atoms with van der Waals surface area (Å²) in [6.07, 6.45) is 4.07. The summed E-state index contributed by atoms with van der Waals surface area (Å²) in [5, 5.41) is 1.79. The van der Waals surface area contributed by atoms with Gasteiger partial charge in [-0.15, -0.1) is 0 Å². The molecular formula is C33H27N3O. The quantitative estimate of drug-likeness (QED) is 0.262. The standard InChI is InChI=1S/C33H27N3O/c1-23-11-10-14-26(21-23)36-32(34-30-17-8-6-16-29(30)33(36)37)20-19-27-24(2)35(22-25-12-4-3-5-13-25)31-18-9-7-15-28(27)31/h3-21H,22H2,1-2H3/b20-19+. The molecule has 6 aromatic rings. The maximum absolute atomic E-state index is 13.6. The van der Waals surface area contributed by atoms with E-state index in [2.05, 4.69) is 66.1 Å². The first-order chi connectivity index (χ1) is 18.1. The molecule has 0 aliphatic carbocycles. The zero-order chi connectivity index (χ0) is 25.4. The van der Waals surface area contributed by atoms with Gasteiger partial charge in [-0.2, -0.15) is 0 Å². The van der Waals surface area contributed by atoms with Crippen molar-refractivity contribution in [3.05, 3.63) is 142 Å². The zero-order valence-electron chi connectivity index (χ0n) is 20.9. The van der Waals surface area contributed by atoms with Crippen LogP contribution in [0.5, 0.6) is 0 Å². The summed E-state index contributed by atoms with van der Waals surface area (Å²) in [5.41, 5.74) is 7.27. The van der Waals surface area contributed by atoms with Gasteiger partial charge < -0.3 is 4.57 Å². The van der Waals surface area contributed by atoms with E-state index in [1.807, 2.05) is 67.6 Å². The Hall–Kier alpha value is -4.70. The Bertz CT molecular complexity index is 1840. The average Bonchev–Trinajstić information content (AvgIpc) is 3.18. The van der Waals surface area contributed by atoms with Crippen molar-refractivity contribution in [1.29, 1.82) is 0 Å². The van der Waals surface area contributed by atoms with Crippen molar-refractivity contribution in [2.24, 2.45) is 0 Å². The number of aryl methyl sites for hydroxylation is 1. The second-order valence-electron chi connectivity index (χ2n) is 9.39. The number of para-hydroxylation sites is 2. The zero-order valence-corrected chi connectivity index (χ0v) is 20.9. The van der Waals surface area contributed by atoms with Crippen molar-refractivity contribution in [2.45, 2.75) is 20.4 Å². The number of hydrogen-bond acceptors (Lipinski definition) is 2. The molecule has 0 saturated carbocycles. The van der Waals surface area contributed by atoms with Gasteiger partial charge in [0.2, 0.25) is 0 Å². The summed E-state index contributed by atoms with van der Waals surface area (Å²) in [6, 6.07) is 34.5. The minimum absolute atomic E-state index is 0.0703. The van der Waals surface area contributed by atoms with E-state index in [1.165, 1.54) is 22.2 Å². The van der Waals surface area contributed by atoms with Crippen LogP contribution in [0.15, 0.2) is 108 Å². The molecule has 180 valence electrons. The lowest BCUT2D eigenvalue weighted by atomic mass is 10.1. The van der Waals surface area contributed by atoms with Gasteiger partial charge in [-0.3, -0.25) is 9.36 Å². The minimum Gasteiger partial charge on any atom is -0.340 e. The van der Waals surface area contributed by atoms with Crippen LogP contribution < -0.4 is 5.56 Å². The van der Waals surface area contributed by atoms with E-state index < -0.39 is 0 Å². The maximum atomic E-state index is 13.6. The second kappa shape index (κ2) is 9.40. The van der Waals surface area contributed by atoms with Crippen molar-refractivity contribution >= 4 is 34.0 Å². The molecule has 0 radical (unpaired) electrons. The van der Waals surface area contributed by atoms with Gasteiger partial charge in [0.25, 0.3) is 5.56 Å². The summed E-state index contributed by atoms with van der Waals surface area (Å²) in [7, 11) is 0. The third-order valence-corrected chi connectivity index (χ3v) is 6.92. The first-order valence-electron chi connectivity index (χ1n) is 12.5. The lowest BCUT2D eigenvalue weighted by Crippen LogP contribution is -2.22. The fourth-order valence-electron chi connectivity index (χ4n) is 5.07. The molecular weight excluding hydrogens is 454 g/mol. The Morgan fingerprint density at radius 2 is 1.49 bits per heavy atom. The van der Waals surface area contributed by atoms with Gasteiger partial charge in [-0.25, -0.2) is 4.98 Å². The van der Waals surface area contributed by atoms with E-state index in [-0.39, 0.29) is 5.56 Å². The Balaban J connectivity index is 1.53. The molecule has 0 aliphatic rings. The molecule has 0 bridgehead atoms. The van der Waals surface area contributed by atoms with Crippen molar-refractivity contribution in [3.63, 3.8) is 0 Å². The minimum atomic E-state index is -0.0703. The highest BCUT2D eigenvalue weighted by Crippen LogP contribution is 2.29. The van der Waals surface area contributed by atoms with E-state index in [9.17, 15) is 4.79 Å². The molecule has 0 saturated heterocycles. The number of aromatic nitrogens is 3. The van der Waals surface area contributed by atoms with Crippen LogP contribution in [0, 0.1) is 13.8 Å². The van der Waals surface area contributed by atoms with E-state index in [1.54, 1.807) is 4.57 Å².